The van der Waals surface area contributed by atoms with Gasteiger partial charge in [-0.2, -0.15) is 0 Å². The van der Waals surface area contributed by atoms with Gasteiger partial charge in [-0.15, -0.1) is 0 Å². The maximum Gasteiger partial charge on any atom is 0.0494 e. The molecule has 0 aromatic heterocycles. The highest BCUT2D eigenvalue weighted by molar-refractivity contribution is 5.42. The van der Waals surface area contributed by atoms with E-state index >= 15 is 0 Å². The van der Waals surface area contributed by atoms with Crippen molar-refractivity contribution in [3.63, 3.8) is 0 Å². The molecule has 0 bridgehead atoms. The van der Waals surface area contributed by atoms with E-state index in [1.165, 1.54) is 31.4 Å². The lowest BCUT2D eigenvalue weighted by Gasteiger charge is -2.14. The number of benzene rings is 1. The Morgan fingerprint density at radius 1 is 1.11 bits per heavy atom. The highest BCUT2D eigenvalue weighted by atomic mass is 16.5. The molecule has 108 valence electrons. The standard InChI is InChI=1S/C17H29NO/c1-3-5-10-16(4-2)15-19-14-9-13-18-17-11-7-6-8-12-17/h6-8,11-12,16,18H,3-5,9-10,13-15H2,1-2H3. The van der Waals surface area contributed by atoms with Crippen molar-refractivity contribution in [1.29, 1.82) is 0 Å². The smallest absolute Gasteiger partial charge is 0.0494 e. The molecule has 0 aliphatic rings. The van der Waals surface area contributed by atoms with Crippen molar-refractivity contribution in [3.05, 3.63) is 30.3 Å². The number of hydrogen-bond acceptors (Lipinski definition) is 2. The molecule has 0 saturated heterocycles. The first kappa shape index (κ1) is 16.0. The first-order valence-corrected chi connectivity index (χ1v) is 7.73. The van der Waals surface area contributed by atoms with Gasteiger partial charge in [-0.1, -0.05) is 51.3 Å². The highest BCUT2D eigenvalue weighted by Crippen LogP contribution is 2.12. The molecule has 0 fully saturated rings. The third kappa shape index (κ3) is 7.89. The zero-order chi connectivity index (χ0) is 13.8. The summed E-state index contributed by atoms with van der Waals surface area (Å²) in [5.74, 6) is 0.752. The van der Waals surface area contributed by atoms with Crippen LogP contribution in [0.15, 0.2) is 30.3 Å². The molecule has 1 rings (SSSR count). The summed E-state index contributed by atoms with van der Waals surface area (Å²) < 4.78 is 5.78. The first-order valence-electron chi connectivity index (χ1n) is 7.73. The maximum atomic E-state index is 5.78. The monoisotopic (exact) mass is 263 g/mol. The van der Waals surface area contributed by atoms with E-state index < -0.39 is 0 Å². The Balaban J connectivity index is 1.98. The fourth-order valence-corrected chi connectivity index (χ4v) is 2.11. The summed E-state index contributed by atoms with van der Waals surface area (Å²) in [5.41, 5.74) is 1.19. The summed E-state index contributed by atoms with van der Waals surface area (Å²) in [7, 11) is 0. The van der Waals surface area contributed by atoms with Crippen molar-refractivity contribution in [3.8, 4) is 0 Å². The van der Waals surface area contributed by atoms with Crippen molar-refractivity contribution in [2.24, 2.45) is 5.92 Å². The Morgan fingerprint density at radius 3 is 2.58 bits per heavy atom. The molecule has 1 atom stereocenters. The molecule has 0 aliphatic carbocycles. The average molecular weight is 263 g/mol. The molecule has 2 heteroatoms. The molecule has 2 nitrogen and oxygen atoms in total. The molecular weight excluding hydrogens is 234 g/mol. The van der Waals surface area contributed by atoms with E-state index in [0.29, 0.717) is 0 Å². The normalized spacial score (nSPS) is 12.3. The fourth-order valence-electron chi connectivity index (χ4n) is 2.11. The van der Waals surface area contributed by atoms with Gasteiger partial charge in [0.15, 0.2) is 0 Å². The Kier molecular flexibility index (Phi) is 9.17. The van der Waals surface area contributed by atoms with Crippen LogP contribution in [0, 0.1) is 5.92 Å². The molecule has 0 radical (unpaired) electrons. The summed E-state index contributed by atoms with van der Waals surface area (Å²) in [6.45, 7) is 7.30. The van der Waals surface area contributed by atoms with Crippen LogP contribution in [0.25, 0.3) is 0 Å². The minimum absolute atomic E-state index is 0.752. The third-order valence-electron chi connectivity index (χ3n) is 3.47. The molecule has 0 heterocycles. The number of ether oxygens (including phenoxy) is 1. The van der Waals surface area contributed by atoms with Crippen LogP contribution in [0.1, 0.15) is 46.0 Å². The second-order valence-corrected chi connectivity index (χ2v) is 5.14. The lowest BCUT2D eigenvalue weighted by molar-refractivity contribution is 0.0937. The molecule has 1 N–H and O–H groups in total. The Morgan fingerprint density at radius 2 is 1.89 bits per heavy atom. The zero-order valence-electron chi connectivity index (χ0n) is 12.5. The van der Waals surface area contributed by atoms with E-state index in [-0.39, 0.29) is 0 Å². The molecule has 1 aromatic rings. The second kappa shape index (κ2) is 10.9. The summed E-state index contributed by atoms with van der Waals surface area (Å²) in [6.07, 6.45) is 6.24. The van der Waals surface area contributed by atoms with E-state index in [2.05, 4.69) is 43.4 Å². The molecule has 0 amide bonds. The fraction of sp³-hybridized carbons (Fsp3) is 0.647. The summed E-state index contributed by atoms with van der Waals surface area (Å²) in [5, 5.41) is 3.40. The van der Waals surface area contributed by atoms with Crippen molar-refractivity contribution in [2.45, 2.75) is 46.0 Å². The highest BCUT2D eigenvalue weighted by Gasteiger charge is 2.05. The molecular formula is C17H29NO. The van der Waals surface area contributed by atoms with Crippen LogP contribution in [0.2, 0.25) is 0 Å². The SMILES string of the molecule is CCCCC(CC)COCCCNc1ccccc1. The number of hydrogen-bond donors (Lipinski definition) is 1. The lowest BCUT2D eigenvalue weighted by Crippen LogP contribution is -2.11. The van der Waals surface area contributed by atoms with Crippen LogP contribution < -0.4 is 5.32 Å². The van der Waals surface area contributed by atoms with Gasteiger partial charge in [0.25, 0.3) is 0 Å². The topological polar surface area (TPSA) is 21.3 Å². The number of para-hydroxylation sites is 1. The van der Waals surface area contributed by atoms with E-state index in [4.69, 9.17) is 4.74 Å². The van der Waals surface area contributed by atoms with Gasteiger partial charge in [0.05, 0.1) is 0 Å². The largest absolute Gasteiger partial charge is 0.385 e. The van der Waals surface area contributed by atoms with Gasteiger partial charge in [-0.05, 0) is 30.9 Å². The summed E-state index contributed by atoms with van der Waals surface area (Å²) >= 11 is 0. The Labute approximate surface area is 118 Å². The van der Waals surface area contributed by atoms with Gasteiger partial charge in [-0.25, -0.2) is 0 Å². The maximum absolute atomic E-state index is 5.78. The summed E-state index contributed by atoms with van der Waals surface area (Å²) in [6, 6.07) is 10.3. The van der Waals surface area contributed by atoms with E-state index in [1.807, 2.05) is 6.07 Å². The van der Waals surface area contributed by atoms with Crippen LogP contribution in [0.3, 0.4) is 0 Å². The van der Waals surface area contributed by atoms with Crippen molar-refractivity contribution in [2.75, 3.05) is 25.1 Å². The van der Waals surface area contributed by atoms with E-state index in [1.54, 1.807) is 0 Å². The number of anilines is 1. The molecule has 0 spiro atoms. The summed E-state index contributed by atoms with van der Waals surface area (Å²) in [4.78, 5) is 0. The minimum atomic E-state index is 0.752. The van der Waals surface area contributed by atoms with E-state index in [0.717, 1.165) is 32.1 Å². The number of nitrogens with one attached hydrogen (secondary N) is 1. The molecule has 0 aliphatic heterocycles. The molecule has 1 aromatic carbocycles. The van der Waals surface area contributed by atoms with Crippen molar-refractivity contribution in [1.82, 2.24) is 0 Å². The molecule has 0 saturated carbocycles. The van der Waals surface area contributed by atoms with Crippen molar-refractivity contribution >= 4 is 5.69 Å². The average Bonchev–Trinajstić information content (AvgIpc) is 2.47. The van der Waals surface area contributed by atoms with Crippen LogP contribution >= 0.6 is 0 Å². The Bertz CT molecular complexity index is 299. The van der Waals surface area contributed by atoms with Gasteiger partial charge in [0, 0.05) is 25.4 Å². The third-order valence-corrected chi connectivity index (χ3v) is 3.47. The van der Waals surface area contributed by atoms with Gasteiger partial charge in [-0.3, -0.25) is 0 Å². The molecule has 19 heavy (non-hydrogen) atoms. The van der Waals surface area contributed by atoms with Crippen LogP contribution in [0.5, 0.6) is 0 Å². The van der Waals surface area contributed by atoms with Gasteiger partial charge in [0.2, 0.25) is 0 Å². The first-order chi connectivity index (χ1) is 9.36. The van der Waals surface area contributed by atoms with Gasteiger partial charge in [0.1, 0.15) is 0 Å². The van der Waals surface area contributed by atoms with Gasteiger partial charge < -0.3 is 10.1 Å². The van der Waals surface area contributed by atoms with Gasteiger partial charge >= 0.3 is 0 Å². The number of unbranched alkanes of at least 4 members (excludes halogenated alkanes) is 1. The van der Waals surface area contributed by atoms with E-state index in [9.17, 15) is 0 Å². The zero-order valence-corrected chi connectivity index (χ0v) is 12.5. The second-order valence-electron chi connectivity index (χ2n) is 5.14. The van der Waals surface area contributed by atoms with Crippen LogP contribution in [-0.4, -0.2) is 19.8 Å². The predicted molar refractivity (Wildman–Crippen MR) is 83.7 cm³/mol. The number of rotatable bonds is 11. The minimum Gasteiger partial charge on any atom is -0.385 e. The quantitative estimate of drug-likeness (QED) is 0.583. The lowest BCUT2D eigenvalue weighted by atomic mass is 10.0. The molecule has 1 unspecified atom stereocenters. The van der Waals surface area contributed by atoms with Crippen LogP contribution in [-0.2, 0) is 4.74 Å². The van der Waals surface area contributed by atoms with Crippen molar-refractivity contribution < 1.29 is 4.74 Å². The van der Waals surface area contributed by atoms with Crippen LogP contribution in [0.4, 0.5) is 5.69 Å². The predicted octanol–water partition coefficient (Wildman–Crippen LogP) is 4.72. The Hall–Kier alpha value is -1.02.